The first kappa shape index (κ1) is 17.1. The van der Waals surface area contributed by atoms with Crippen molar-refractivity contribution < 1.29 is 24.9 Å². The molecule has 1 aromatic rings. The highest BCUT2D eigenvalue weighted by Gasteiger charge is 2.24. The van der Waals surface area contributed by atoms with Gasteiger partial charge < -0.3 is 5.11 Å². The number of hydrogen-bond donors (Lipinski definition) is 2. The zero-order chi connectivity index (χ0) is 16.0. The van der Waals surface area contributed by atoms with E-state index >= 15 is 0 Å². The van der Waals surface area contributed by atoms with Crippen molar-refractivity contribution in [2.24, 2.45) is 5.84 Å². The number of nitro benzene ring substituents is 3. The number of nitro groups is 3. The van der Waals surface area contributed by atoms with E-state index in [1.165, 1.54) is 0 Å². The predicted molar refractivity (Wildman–Crippen MR) is 62.8 cm³/mol. The molecule has 0 aliphatic carbocycles. The second-order valence-electron chi connectivity index (χ2n) is 3.66. The van der Waals surface area contributed by atoms with Gasteiger partial charge >= 0.3 is 0 Å². The van der Waals surface area contributed by atoms with Crippen LogP contribution >= 0.6 is 0 Å². The highest BCUT2D eigenvalue weighted by molar-refractivity contribution is 5.63. The Bertz CT molecular complexity index is 506. The average molecular weight is 289 g/mol. The van der Waals surface area contributed by atoms with E-state index in [0.29, 0.717) is 12.1 Å². The lowest BCUT2D eigenvalue weighted by atomic mass is 10.2. The summed E-state index contributed by atoms with van der Waals surface area (Å²) >= 11 is 0. The third kappa shape index (κ3) is 4.79. The van der Waals surface area contributed by atoms with Crippen LogP contribution < -0.4 is 16.0 Å². The van der Waals surface area contributed by atoms with Crippen molar-refractivity contribution in [2.75, 3.05) is 14.1 Å². The summed E-state index contributed by atoms with van der Waals surface area (Å²) in [5.74, 6) is 3.57. The second kappa shape index (κ2) is 6.91. The fraction of sp³-hybridized carbons (Fsp3) is 0.250. The first-order chi connectivity index (χ1) is 9.07. The third-order valence-corrected chi connectivity index (χ3v) is 1.64. The number of nitrogens with two attached hydrogens (primary N) is 1. The van der Waals surface area contributed by atoms with Crippen molar-refractivity contribution in [3.63, 3.8) is 0 Å². The number of nitrogens with one attached hydrogen (secondary N) is 1. The molecule has 0 amide bonds. The van der Waals surface area contributed by atoms with Crippen molar-refractivity contribution in [3.05, 3.63) is 42.5 Å². The van der Waals surface area contributed by atoms with Gasteiger partial charge in [0.15, 0.2) is 0 Å². The number of benzene rings is 1. The Labute approximate surface area is 111 Å². The molecule has 1 rings (SSSR count). The van der Waals surface area contributed by atoms with Crippen LogP contribution in [-0.4, -0.2) is 28.9 Å². The third-order valence-electron chi connectivity index (χ3n) is 1.64. The summed E-state index contributed by atoms with van der Waals surface area (Å²) in [6, 6.07) is 0.769. The first-order valence-corrected chi connectivity index (χ1v) is 4.91. The molecular weight excluding hydrogens is 278 g/mol. The van der Waals surface area contributed by atoms with Gasteiger partial charge in [-0.1, -0.05) is 0 Å². The fourth-order valence-electron chi connectivity index (χ4n) is 0.961. The molecule has 0 saturated heterocycles. The first-order valence-electron chi connectivity index (χ1n) is 4.91. The molecule has 0 spiro atoms. The van der Waals surface area contributed by atoms with Gasteiger partial charge in [-0.05, 0) is 0 Å². The molecule has 0 saturated carbocycles. The van der Waals surface area contributed by atoms with Crippen molar-refractivity contribution in [2.45, 2.75) is 0 Å². The number of nitrogens with zero attached hydrogens (tertiary/aromatic N) is 3. The van der Waals surface area contributed by atoms with Crippen LogP contribution in [0.25, 0.3) is 0 Å². The van der Waals surface area contributed by atoms with Crippen LogP contribution in [0, 0.1) is 30.3 Å². The standard InChI is InChI=1S/C6H3N3O7.C2H8N2/c10-6-4(8(13)14)1-3(7(11)12)2-5(6)9(15)16;1-4(2)3/h1-2,10H;3H2,1-2H3. The molecule has 0 heterocycles. The Morgan fingerprint density at radius 3 is 1.45 bits per heavy atom. The van der Waals surface area contributed by atoms with E-state index in [9.17, 15) is 35.4 Å². The quantitative estimate of drug-likeness (QED) is 0.382. The minimum atomic E-state index is -1.46. The van der Waals surface area contributed by atoms with Gasteiger partial charge in [0.05, 0.1) is 46.7 Å². The molecule has 0 aliphatic heterocycles. The predicted octanol–water partition coefficient (Wildman–Crippen LogP) is -1.51. The van der Waals surface area contributed by atoms with Crippen LogP contribution in [0.2, 0.25) is 0 Å². The molecular formula is C8H11N5O7. The average Bonchev–Trinajstić information content (AvgIpc) is 2.27. The van der Waals surface area contributed by atoms with Crippen molar-refractivity contribution in [1.29, 1.82) is 0 Å². The van der Waals surface area contributed by atoms with Gasteiger partial charge in [0.2, 0.25) is 0 Å². The van der Waals surface area contributed by atoms with E-state index in [1.807, 2.05) is 14.1 Å². The smallest absolute Gasteiger partial charge is 0.283 e. The lowest BCUT2D eigenvalue weighted by Gasteiger charge is -2.06. The molecule has 3 N–H and O–H groups in total. The van der Waals surface area contributed by atoms with Gasteiger partial charge in [0.1, 0.15) is 0 Å². The Kier molecular flexibility index (Phi) is 5.92. The summed E-state index contributed by atoms with van der Waals surface area (Å²) in [4.78, 5) is 27.5. The Hall–Kier alpha value is -2.86. The summed E-state index contributed by atoms with van der Waals surface area (Å²) < 4.78 is 0. The fourth-order valence-corrected chi connectivity index (χ4v) is 0.961. The van der Waals surface area contributed by atoms with Gasteiger partial charge in [0.25, 0.3) is 17.1 Å². The Morgan fingerprint density at radius 2 is 1.25 bits per heavy atom. The normalized spacial score (nSPS) is 9.60. The second-order valence-corrected chi connectivity index (χ2v) is 3.66. The molecule has 0 fully saturated rings. The highest BCUT2D eigenvalue weighted by atomic mass is 16.6. The molecule has 1 aromatic carbocycles. The van der Waals surface area contributed by atoms with Gasteiger partial charge in [0, 0.05) is 0 Å². The molecule has 0 radical (unpaired) electrons. The summed E-state index contributed by atoms with van der Waals surface area (Å²) in [6.07, 6.45) is 0. The van der Waals surface area contributed by atoms with Crippen LogP contribution in [0.4, 0.5) is 17.1 Å². The van der Waals surface area contributed by atoms with E-state index in [-0.39, 0.29) is 0 Å². The van der Waals surface area contributed by atoms with Crippen LogP contribution in [0.1, 0.15) is 0 Å². The largest absolute Gasteiger partial charge is 0.863 e. The lowest BCUT2D eigenvalue weighted by molar-refractivity contribution is -0.871. The maximum Gasteiger partial charge on any atom is 0.283 e. The van der Waals surface area contributed by atoms with E-state index in [4.69, 9.17) is 5.84 Å². The van der Waals surface area contributed by atoms with Crippen LogP contribution in [0.3, 0.4) is 0 Å². The van der Waals surface area contributed by atoms with Gasteiger partial charge in [-0.25, -0.2) is 0 Å². The number of hydrogen-bond acceptors (Lipinski definition) is 8. The van der Waals surface area contributed by atoms with Crippen molar-refractivity contribution >= 4 is 17.1 Å². The zero-order valence-corrected chi connectivity index (χ0v) is 10.4. The minimum absolute atomic E-state index is 0.384. The van der Waals surface area contributed by atoms with E-state index in [0.717, 1.165) is 5.01 Å². The maximum absolute atomic E-state index is 11.1. The van der Waals surface area contributed by atoms with Crippen LogP contribution in [0.15, 0.2) is 12.1 Å². The molecule has 0 bridgehead atoms. The molecule has 12 nitrogen and oxygen atoms in total. The van der Waals surface area contributed by atoms with E-state index < -0.39 is 37.6 Å². The number of rotatable bonds is 3. The molecule has 0 unspecified atom stereocenters. The molecule has 0 aliphatic rings. The van der Waals surface area contributed by atoms with E-state index in [2.05, 4.69) is 0 Å². The van der Waals surface area contributed by atoms with Gasteiger partial charge in [-0.2, -0.15) is 5.84 Å². The van der Waals surface area contributed by atoms with Gasteiger partial charge in [-0.15, -0.1) is 0 Å². The SMILES string of the molecule is C[NH+](C)N.O=[N+]([O-])c1cc([N+](=O)[O-])c([O-])c([N+](=O)[O-])c1. The van der Waals surface area contributed by atoms with Crippen LogP contribution in [0.5, 0.6) is 5.75 Å². The molecule has 12 heteroatoms. The highest BCUT2D eigenvalue weighted by Crippen LogP contribution is 2.36. The Balaban J connectivity index is 0.000000796. The summed E-state index contributed by atoms with van der Waals surface area (Å²) in [6.45, 7) is 0. The minimum Gasteiger partial charge on any atom is -0.863 e. The Morgan fingerprint density at radius 1 is 0.950 bits per heavy atom. The molecule has 0 aromatic heterocycles. The van der Waals surface area contributed by atoms with Crippen molar-refractivity contribution in [3.8, 4) is 5.75 Å². The summed E-state index contributed by atoms with van der Waals surface area (Å²) in [5, 5.41) is 43.0. The number of non-ortho nitro benzene ring substituents is 1. The zero-order valence-electron chi connectivity index (χ0n) is 10.4. The maximum atomic E-state index is 11.1. The molecule has 0 atom stereocenters. The van der Waals surface area contributed by atoms with Crippen molar-refractivity contribution in [1.82, 2.24) is 0 Å². The lowest BCUT2D eigenvalue weighted by Crippen LogP contribution is -3.11. The number of quaternary nitrogens is 1. The monoisotopic (exact) mass is 289 g/mol. The molecule has 110 valence electrons. The topological polar surface area (TPSA) is 183 Å². The summed E-state index contributed by atoms with van der Waals surface area (Å²) in [7, 11) is 3.72. The van der Waals surface area contributed by atoms with Gasteiger partial charge in [-0.3, -0.25) is 35.4 Å². The molecule has 20 heavy (non-hydrogen) atoms. The van der Waals surface area contributed by atoms with E-state index in [1.54, 1.807) is 0 Å². The van der Waals surface area contributed by atoms with Crippen LogP contribution in [-0.2, 0) is 0 Å². The summed E-state index contributed by atoms with van der Waals surface area (Å²) in [5.41, 5.74) is -3.26.